The highest BCUT2D eigenvalue weighted by Gasteiger charge is 2.11. The van der Waals surface area contributed by atoms with E-state index < -0.39 is 29.0 Å². The Morgan fingerprint density at radius 3 is 1.53 bits per heavy atom. The van der Waals surface area contributed by atoms with Crippen molar-refractivity contribution in [2.75, 3.05) is 0 Å². The Hall–Kier alpha value is -2.04. The Labute approximate surface area is 93.9 Å². The molecule has 2 rings (SSSR count). The fourth-order valence-electron chi connectivity index (χ4n) is 1.45. The summed E-state index contributed by atoms with van der Waals surface area (Å²) < 4.78 is 51.9. The molecule has 0 spiro atoms. The van der Waals surface area contributed by atoms with Crippen LogP contribution in [-0.2, 0) is 0 Å². The lowest BCUT2D eigenvalue weighted by atomic mass is 10.0. The summed E-state index contributed by atoms with van der Waals surface area (Å²) in [6.07, 6.45) is 0. The Morgan fingerprint density at radius 2 is 1.06 bits per heavy atom. The topological polar surface area (TPSA) is 20.2 Å². The predicted molar refractivity (Wildman–Crippen MR) is 53.4 cm³/mol. The van der Waals surface area contributed by atoms with Crippen LogP contribution >= 0.6 is 0 Å². The average Bonchev–Trinajstić information content (AvgIpc) is 2.23. The molecule has 0 fully saturated rings. The molecule has 88 valence electrons. The Balaban J connectivity index is 2.60. The van der Waals surface area contributed by atoms with Crippen LogP contribution in [0.25, 0.3) is 11.1 Å². The summed E-state index contributed by atoms with van der Waals surface area (Å²) in [6.45, 7) is 0. The van der Waals surface area contributed by atoms with Crippen LogP contribution in [-0.4, -0.2) is 5.11 Å². The van der Waals surface area contributed by atoms with E-state index in [1.807, 2.05) is 0 Å². The lowest BCUT2D eigenvalue weighted by Crippen LogP contribution is -1.88. The van der Waals surface area contributed by atoms with Gasteiger partial charge in [-0.1, -0.05) is 0 Å². The second-order valence-electron chi connectivity index (χ2n) is 3.45. The molecule has 0 unspecified atom stereocenters. The standard InChI is InChI=1S/C12H6F4O/c13-8-1-6(2-9(14)5-8)7-3-10(15)12(17)11(16)4-7/h1-5,17H. The van der Waals surface area contributed by atoms with Gasteiger partial charge in [0.25, 0.3) is 0 Å². The van der Waals surface area contributed by atoms with E-state index in [1.54, 1.807) is 0 Å². The molecule has 1 N–H and O–H groups in total. The monoisotopic (exact) mass is 242 g/mol. The number of halogens is 4. The third kappa shape index (κ3) is 2.22. The molecule has 0 radical (unpaired) electrons. The minimum atomic E-state index is -1.19. The molecule has 1 nitrogen and oxygen atoms in total. The van der Waals surface area contributed by atoms with E-state index in [2.05, 4.69) is 0 Å². The van der Waals surface area contributed by atoms with Gasteiger partial charge in [-0.3, -0.25) is 0 Å². The maximum absolute atomic E-state index is 13.0. The first-order valence-corrected chi connectivity index (χ1v) is 4.62. The summed E-state index contributed by atoms with van der Waals surface area (Å²) in [4.78, 5) is 0. The van der Waals surface area contributed by atoms with Crippen molar-refractivity contribution in [3.05, 3.63) is 53.6 Å². The van der Waals surface area contributed by atoms with Gasteiger partial charge < -0.3 is 5.11 Å². The van der Waals surface area contributed by atoms with Crippen molar-refractivity contribution >= 4 is 0 Å². The van der Waals surface area contributed by atoms with Gasteiger partial charge in [0, 0.05) is 6.07 Å². The van der Waals surface area contributed by atoms with E-state index in [9.17, 15) is 17.6 Å². The van der Waals surface area contributed by atoms with Crippen molar-refractivity contribution in [2.45, 2.75) is 0 Å². The van der Waals surface area contributed by atoms with Crippen LogP contribution < -0.4 is 0 Å². The normalized spacial score (nSPS) is 10.6. The molecular weight excluding hydrogens is 236 g/mol. The Bertz CT molecular complexity index is 537. The quantitative estimate of drug-likeness (QED) is 0.757. The van der Waals surface area contributed by atoms with Crippen LogP contribution in [0.5, 0.6) is 5.75 Å². The van der Waals surface area contributed by atoms with E-state index in [0.29, 0.717) is 6.07 Å². The van der Waals surface area contributed by atoms with Gasteiger partial charge in [0.05, 0.1) is 0 Å². The molecule has 0 atom stereocenters. The van der Waals surface area contributed by atoms with Crippen molar-refractivity contribution in [3.8, 4) is 16.9 Å². The van der Waals surface area contributed by atoms with Gasteiger partial charge in [0.2, 0.25) is 0 Å². The van der Waals surface area contributed by atoms with Crippen LogP contribution in [0.3, 0.4) is 0 Å². The van der Waals surface area contributed by atoms with Gasteiger partial charge in [-0.2, -0.15) is 0 Å². The molecule has 0 saturated carbocycles. The van der Waals surface area contributed by atoms with Crippen molar-refractivity contribution in [3.63, 3.8) is 0 Å². The van der Waals surface area contributed by atoms with Gasteiger partial charge >= 0.3 is 0 Å². The number of aromatic hydroxyl groups is 1. The summed E-state index contributed by atoms with van der Waals surface area (Å²) in [5.41, 5.74) is -0.0727. The zero-order valence-corrected chi connectivity index (χ0v) is 8.35. The lowest BCUT2D eigenvalue weighted by Gasteiger charge is -2.05. The molecule has 0 amide bonds. The van der Waals surface area contributed by atoms with Crippen molar-refractivity contribution in [2.24, 2.45) is 0 Å². The Morgan fingerprint density at radius 1 is 0.647 bits per heavy atom. The first-order valence-electron chi connectivity index (χ1n) is 4.62. The van der Waals surface area contributed by atoms with Gasteiger partial charge in [-0.15, -0.1) is 0 Å². The number of hydrogen-bond donors (Lipinski definition) is 1. The van der Waals surface area contributed by atoms with Gasteiger partial charge in [0.1, 0.15) is 11.6 Å². The smallest absolute Gasteiger partial charge is 0.187 e. The average molecular weight is 242 g/mol. The highest BCUT2D eigenvalue weighted by molar-refractivity contribution is 5.64. The highest BCUT2D eigenvalue weighted by atomic mass is 19.1. The molecule has 0 aromatic heterocycles. The molecule has 0 saturated heterocycles. The van der Waals surface area contributed by atoms with Gasteiger partial charge in [-0.05, 0) is 35.4 Å². The maximum atomic E-state index is 13.0. The molecule has 0 aliphatic heterocycles. The maximum Gasteiger partial charge on any atom is 0.187 e. The largest absolute Gasteiger partial charge is 0.503 e. The summed E-state index contributed by atoms with van der Waals surface area (Å²) in [6, 6.07) is 4.12. The molecule has 0 heterocycles. The van der Waals surface area contributed by atoms with E-state index in [4.69, 9.17) is 5.11 Å². The number of benzene rings is 2. The zero-order valence-electron chi connectivity index (χ0n) is 8.35. The molecule has 2 aromatic carbocycles. The summed E-state index contributed by atoms with van der Waals surface area (Å²) in [7, 11) is 0. The molecule has 0 aliphatic carbocycles. The summed E-state index contributed by atoms with van der Waals surface area (Å²) >= 11 is 0. The van der Waals surface area contributed by atoms with Crippen molar-refractivity contribution in [1.29, 1.82) is 0 Å². The van der Waals surface area contributed by atoms with Gasteiger partial charge in [-0.25, -0.2) is 17.6 Å². The number of rotatable bonds is 1. The minimum absolute atomic E-state index is 0.0136. The SMILES string of the molecule is Oc1c(F)cc(-c2cc(F)cc(F)c2)cc1F. The number of phenols is 1. The van der Waals surface area contributed by atoms with E-state index in [1.165, 1.54) is 0 Å². The second kappa shape index (κ2) is 4.08. The van der Waals surface area contributed by atoms with Crippen LogP contribution in [0.2, 0.25) is 0 Å². The summed E-state index contributed by atoms with van der Waals surface area (Å²) in [5.74, 6) is -5.21. The van der Waals surface area contributed by atoms with Crippen molar-refractivity contribution in [1.82, 2.24) is 0 Å². The molecular formula is C12H6F4O. The lowest BCUT2D eigenvalue weighted by molar-refractivity contribution is 0.396. The van der Waals surface area contributed by atoms with Crippen LogP contribution in [0.1, 0.15) is 0 Å². The molecule has 0 bridgehead atoms. The summed E-state index contributed by atoms with van der Waals surface area (Å²) in [5, 5.41) is 8.89. The number of hydrogen-bond acceptors (Lipinski definition) is 1. The second-order valence-corrected chi connectivity index (χ2v) is 3.45. The van der Waals surface area contributed by atoms with Crippen LogP contribution in [0.4, 0.5) is 17.6 Å². The van der Waals surface area contributed by atoms with E-state index in [0.717, 1.165) is 24.3 Å². The number of phenolic OH excluding ortho intramolecular Hbond substituents is 1. The third-order valence-electron chi connectivity index (χ3n) is 2.21. The van der Waals surface area contributed by atoms with Crippen molar-refractivity contribution < 1.29 is 22.7 Å². The molecule has 0 aliphatic rings. The highest BCUT2D eigenvalue weighted by Crippen LogP contribution is 2.28. The first kappa shape index (κ1) is 11.4. The third-order valence-corrected chi connectivity index (χ3v) is 2.21. The van der Waals surface area contributed by atoms with E-state index >= 15 is 0 Å². The van der Waals surface area contributed by atoms with E-state index in [-0.39, 0.29) is 11.1 Å². The van der Waals surface area contributed by atoms with Gasteiger partial charge in [0.15, 0.2) is 17.4 Å². The predicted octanol–water partition coefficient (Wildman–Crippen LogP) is 3.62. The fourth-order valence-corrected chi connectivity index (χ4v) is 1.45. The molecule has 2 aromatic rings. The fraction of sp³-hybridized carbons (Fsp3) is 0. The molecule has 17 heavy (non-hydrogen) atoms. The first-order chi connectivity index (χ1) is 7.97. The van der Waals surface area contributed by atoms with Crippen LogP contribution in [0.15, 0.2) is 30.3 Å². The zero-order chi connectivity index (χ0) is 12.6. The Kier molecular flexibility index (Phi) is 2.75. The minimum Gasteiger partial charge on any atom is -0.503 e. The molecule has 5 heteroatoms. The van der Waals surface area contributed by atoms with Crippen LogP contribution in [0, 0.1) is 23.3 Å².